The molecular formula is C16H14ClF2N5O. The van der Waals surface area contributed by atoms with Crippen LogP contribution in [0.25, 0.3) is 0 Å². The van der Waals surface area contributed by atoms with Crippen molar-refractivity contribution in [2.24, 2.45) is 0 Å². The number of carbonyl (C=O) groups excluding carboxylic acids is 1. The maximum absolute atomic E-state index is 12.5. The average Bonchev–Trinajstić information content (AvgIpc) is 3.17. The number of anilines is 1. The number of halogens is 3. The van der Waals surface area contributed by atoms with Crippen LogP contribution < -0.4 is 5.32 Å². The second-order valence-electron chi connectivity index (χ2n) is 5.33. The molecule has 2 aromatic heterocycles. The van der Waals surface area contributed by atoms with Crippen molar-refractivity contribution in [3.63, 3.8) is 0 Å². The van der Waals surface area contributed by atoms with Gasteiger partial charge in [0.1, 0.15) is 0 Å². The highest BCUT2D eigenvalue weighted by atomic mass is 35.5. The van der Waals surface area contributed by atoms with Crippen LogP contribution >= 0.6 is 11.6 Å². The molecule has 0 saturated heterocycles. The SMILES string of the molecule is Cc1cc(NC(=O)c2ccn(C(F)F)n2)nn1Cc1ccccc1Cl. The van der Waals surface area contributed by atoms with Gasteiger partial charge in [-0.05, 0) is 24.6 Å². The Morgan fingerprint density at radius 3 is 2.72 bits per heavy atom. The van der Waals surface area contributed by atoms with E-state index in [1.807, 2.05) is 25.1 Å². The number of aromatic nitrogens is 4. The summed E-state index contributed by atoms with van der Waals surface area (Å²) in [5.41, 5.74) is 1.59. The Balaban J connectivity index is 1.73. The zero-order valence-electron chi connectivity index (χ0n) is 13.2. The number of hydrogen-bond acceptors (Lipinski definition) is 3. The highest BCUT2D eigenvalue weighted by Gasteiger charge is 2.15. The maximum atomic E-state index is 12.5. The summed E-state index contributed by atoms with van der Waals surface area (Å²) in [6.07, 6.45) is 1.04. The minimum absolute atomic E-state index is 0.112. The lowest BCUT2D eigenvalue weighted by Crippen LogP contribution is -2.14. The highest BCUT2D eigenvalue weighted by Crippen LogP contribution is 2.18. The van der Waals surface area contributed by atoms with E-state index in [9.17, 15) is 13.6 Å². The zero-order valence-corrected chi connectivity index (χ0v) is 13.9. The smallest absolute Gasteiger partial charge is 0.304 e. The summed E-state index contributed by atoms with van der Waals surface area (Å²) in [6.45, 7) is -0.509. The normalized spacial score (nSPS) is 11.1. The third-order valence-corrected chi connectivity index (χ3v) is 3.91. The first-order valence-electron chi connectivity index (χ1n) is 7.36. The summed E-state index contributed by atoms with van der Waals surface area (Å²) in [5.74, 6) is -0.303. The van der Waals surface area contributed by atoms with Crippen LogP contribution in [-0.2, 0) is 6.54 Å². The van der Waals surface area contributed by atoms with Gasteiger partial charge in [0.2, 0.25) is 0 Å². The van der Waals surface area contributed by atoms with Crippen molar-refractivity contribution in [2.45, 2.75) is 20.0 Å². The lowest BCUT2D eigenvalue weighted by atomic mass is 10.2. The van der Waals surface area contributed by atoms with Crippen molar-refractivity contribution >= 4 is 23.3 Å². The first-order valence-corrected chi connectivity index (χ1v) is 7.74. The van der Waals surface area contributed by atoms with Gasteiger partial charge in [0, 0.05) is 23.0 Å². The van der Waals surface area contributed by atoms with E-state index in [2.05, 4.69) is 15.5 Å². The van der Waals surface area contributed by atoms with Gasteiger partial charge in [-0.25, -0.2) is 4.68 Å². The van der Waals surface area contributed by atoms with Crippen molar-refractivity contribution in [2.75, 3.05) is 5.32 Å². The molecule has 2 heterocycles. The fourth-order valence-corrected chi connectivity index (χ4v) is 2.46. The number of rotatable bonds is 5. The van der Waals surface area contributed by atoms with Gasteiger partial charge < -0.3 is 5.32 Å². The molecule has 130 valence electrons. The van der Waals surface area contributed by atoms with Crippen molar-refractivity contribution in [1.29, 1.82) is 0 Å². The summed E-state index contributed by atoms with van der Waals surface area (Å²) in [6, 6.07) is 10.3. The molecule has 1 N–H and O–H groups in total. The molecule has 0 spiro atoms. The zero-order chi connectivity index (χ0) is 18.0. The van der Waals surface area contributed by atoms with Crippen LogP contribution in [0.5, 0.6) is 0 Å². The molecule has 0 radical (unpaired) electrons. The Labute approximate surface area is 147 Å². The summed E-state index contributed by atoms with van der Waals surface area (Å²) in [7, 11) is 0. The standard InChI is InChI=1S/C16H14ClF2N5O/c1-10-8-14(20-15(25)13-6-7-23(21-13)16(18)19)22-24(10)9-11-4-2-3-5-12(11)17/h2-8,16H,9H2,1H3,(H,20,22,25). The average molecular weight is 366 g/mol. The van der Waals surface area contributed by atoms with Crippen LogP contribution in [0.1, 0.15) is 28.3 Å². The largest absolute Gasteiger partial charge is 0.333 e. The van der Waals surface area contributed by atoms with Crippen LogP contribution in [0.2, 0.25) is 5.02 Å². The van der Waals surface area contributed by atoms with Gasteiger partial charge >= 0.3 is 6.55 Å². The van der Waals surface area contributed by atoms with Crippen LogP contribution in [-0.4, -0.2) is 25.5 Å². The van der Waals surface area contributed by atoms with Crippen LogP contribution in [0.3, 0.4) is 0 Å². The molecule has 1 amide bonds. The van der Waals surface area contributed by atoms with E-state index in [4.69, 9.17) is 11.6 Å². The Morgan fingerprint density at radius 1 is 1.28 bits per heavy atom. The minimum Gasteiger partial charge on any atom is -0.304 e. The molecule has 6 nitrogen and oxygen atoms in total. The van der Waals surface area contributed by atoms with Gasteiger partial charge in [0.25, 0.3) is 5.91 Å². The lowest BCUT2D eigenvalue weighted by Gasteiger charge is -2.06. The van der Waals surface area contributed by atoms with Crippen LogP contribution in [0.15, 0.2) is 42.6 Å². The molecule has 25 heavy (non-hydrogen) atoms. The monoisotopic (exact) mass is 365 g/mol. The molecule has 3 rings (SSSR count). The number of amides is 1. The first kappa shape index (κ1) is 17.1. The van der Waals surface area contributed by atoms with Crippen molar-refractivity contribution in [3.8, 4) is 0 Å². The van der Waals surface area contributed by atoms with Crippen molar-refractivity contribution in [1.82, 2.24) is 19.6 Å². The summed E-state index contributed by atoms with van der Waals surface area (Å²) < 4.78 is 27.1. The Morgan fingerprint density at radius 2 is 2.04 bits per heavy atom. The van der Waals surface area contributed by atoms with Gasteiger partial charge in [-0.15, -0.1) is 0 Å². The first-order chi connectivity index (χ1) is 11.9. The molecular weight excluding hydrogens is 352 g/mol. The number of aryl methyl sites for hydroxylation is 1. The quantitative estimate of drug-likeness (QED) is 0.749. The molecule has 0 fully saturated rings. The molecule has 0 aliphatic carbocycles. The van der Waals surface area contributed by atoms with E-state index in [0.29, 0.717) is 22.1 Å². The van der Waals surface area contributed by atoms with Gasteiger partial charge in [0.15, 0.2) is 11.5 Å². The summed E-state index contributed by atoms with van der Waals surface area (Å²) >= 11 is 6.14. The topological polar surface area (TPSA) is 64.7 Å². The van der Waals surface area contributed by atoms with E-state index in [1.54, 1.807) is 16.8 Å². The molecule has 0 aliphatic rings. The second-order valence-corrected chi connectivity index (χ2v) is 5.74. The number of benzene rings is 1. The maximum Gasteiger partial charge on any atom is 0.333 e. The Hall–Kier alpha value is -2.74. The molecule has 0 unspecified atom stereocenters. The number of alkyl halides is 2. The van der Waals surface area contributed by atoms with Crippen LogP contribution in [0, 0.1) is 6.92 Å². The number of nitrogens with one attached hydrogen (secondary N) is 1. The summed E-state index contributed by atoms with van der Waals surface area (Å²) in [4.78, 5) is 12.1. The molecule has 0 bridgehead atoms. The number of nitrogens with zero attached hydrogens (tertiary/aromatic N) is 4. The Kier molecular flexibility index (Phi) is 4.80. The van der Waals surface area contributed by atoms with Crippen molar-refractivity contribution < 1.29 is 13.6 Å². The predicted octanol–water partition coefficient (Wildman–Crippen LogP) is 3.74. The molecule has 3 aromatic rings. The number of carbonyl (C=O) groups is 1. The highest BCUT2D eigenvalue weighted by molar-refractivity contribution is 6.31. The van der Waals surface area contributed by atoms with E-state index in [-0.39, 0.29) is 5.69 Å². The van der Waals surface area contributed by atoms with Gasteiger partial charge in [-0.3, -0.25) is 9.48 Å². The fraction of sp³-hybridized carbons (Fsp3) is 0.188. The van der Waals surface area contributed by atoms with Gasteiger partial charge in [-0.1, -0.05) is 29.8 Å². The van der Waals surface area contributed by atoms with E-state index in [0.717, 1.165) is 17.5 Å². The van der Waals surface area contributed by atoms with Gasteiger partial charge in [0.05, 0.1) is 6.54 Å². The van der Waals surface area contributed by atoms with E-state index < -0.39 is 12.5 Å². The lowest BCUT2D eigenvalue weighted by molar-refractivity contribution is 0.0561. The fourth-order valence-electron chi connectivity index (χ4n) is 2.27. The third-order valence-electron chi connectivity index (χ3n) is 3.54. The molecule has 0 aliphatic heterocycles. The molecule has 9 heteroatoms. The van der Waals surface area contributed by atoms with Gasteiger partial charge in [-0.2, -0.15) is 19.0 Å². The van der Waals surface area contributed by atoms with Crippen molar-refractivity contribution in [3.05, 3.63) is 64.6 Å². The third kappa shape index (κ3) is 3.85. The molecule has 0 saturated carbocycles. The minimum atomic E-state index is -2.79. The van der Waals surface area contributed by atoms with Crippen LogP contribution in [0.4, 0.5) is 14.6 Å². The molecule has 0 atom stereocenters. The Bertz CT molecular complexity index is 906. The van der Waals surface area contributed by atoms with E-state index >= 15 is 0 Å². The summed E-state index contributed by atoms with van der Waals surface area (Å²) in [5, 5.41) is 11.0. The molecule has 1 aromatic carbocycles. The number of hydrogen-bond donors (Lipinski definition) is 1. The second kappa shape index (κ2) is 7.02. The predicted molar refractivity (Wildman–Crippen MR) is 89.0 cm³/mol. The van der Waals surface area contributed by atoms with E-state index in [1.165, 1.54) is 6.07 Å².